The summed E-state index contributed by atoms with van der Waals surface area (Å²) in [6.45, 7) is 2.12. The Morgan fingerprint density at radius 2 is 2.08 bits per heavy atom. The van der Waals surface area contributed by atoms with Gasteiger partial charge in [0.05, 0.1) is 7.11 Å². The van der Waals surface area contributed by atoms with Gasteiger partial charge in [-0.1, -0.05) is 32.6 Å². The zero-order chi connectivity index (χ0) is 9.40. The number of carbonyl (C=O) groups is 1. The van der Waals surface area contributed by atoms with E-state index in [0.717, 1.165) is 25.7 Å². The number of esters is 1. The second-order valence-electron chi connectivity index (χ2n) is 2.89. The Morgan fingerprint density at radius 3 is 2.58 bits per heavy atom. The Labute approximate surface area is 73.7 Å². The Bertz CT molecular complexity index is 123. The van der Waals surface area contributed by atoms with E-state index in [1.54, 1.807) is 0 Å². The van der Waals surface area contributed by atoms with Gasteiger partial charge in [0.25, 0.3) is 0 Å². The lowest BCUT2D eigenvalue weighted by atomic mass is 10.1. The molecular weight excluding hydrogens is 156 g/mol. The van der Waals surface area contributed by atoms with Crippen LogP contribution >= 0.6 is 0 Å². The zero-order valence-electron chi connectivity index (χ0n) is 7.88. The molecule has 72 valence electrons. The van der Waals surface area contributed by atoms with Crippen LogP contribution in [0, 0.1) is 0 Å². The summed E-state index contributed by atoms with van der Waals surface area (Å²) in [5.74, 6) is -0.522. The molecule has 0 saturated carbocycles. The van der Waals surface area contributed by atoms with Gasteiger partial charge in [0, 0.05) is 0 Å². The van der Waals surface area contributed by atoms with Gasteiger partial charge in [-0.2, -0.15) is 0 Å². The van der Waals surface area contributed by atoms with E-state index in [-0.39, 0.29) is 0 Å². The van der Waals surface area contributed by atoms with Crippen LogP contribution in [0.1, 0.15) is 39.0 Å². The lowest BCUT2D eigenvalue weighted by Gasteiger charge is -2.06. The van der Waals surface area contributed by atoms with Crippen molar-refractivity contribution in [1.82, 2.24) is 0 Å². The molecular formula is C9H18O3. The van der Waals surface area contributed by atoms with Crippen molar-refractivity contribution >= 4 is 5.97 Å². The van der Waals surface area contributed by atoms with Crippen molar-refractivity contribution in [3.8, 4) is 0 Å². The molecule has 1 atom stereocenters. The number of aliphatic hydroxyl groups excluding tert-OH is 1. The molecule has 0 spiro atoms. The summed E-state index contributed by atoms with van der Waals surface area (Å²) >= 11 is 0. The predicted octanol–water partition coefficient (Wildman–Crippen LogP) is 1.49. The van der Waals surface area contributed by atoms with Crippen LogP contribution in [0.25, 0.3) is 0 Å². The molecule has 3 heteroatoms. The maximum Gasteiger partial charge on any atom is 0.334 e. The number of ether oxygens (including phenoxy) is 1. The maximum absolute atomic E-state index is 10.7. The molecule has 12 heavy (non-hydrogen) atoms. The van der Waals surface area contributed by atoms with Crippen molar-refractivity contribution in [2.45, 2.75) is 45.1 Å². The van der Waals surface area contributed by atoms with Crippen molar-refractivity contribution in [2.75, 3.05) is 7.11 Å². The van der Waals surface area contributed by atoms with Gasteiger partial charge in [0.2, 0.25) is 0 Å². The number of aliphatic hydroxyl groups is 1. The van der Waals surface area contributed by atoms with Crippen LogP contribution in [-0.4, -0.2) is 24.3 Å². The van der Waals surface area contributed by atoms with Gasteiger partial charge in [-0.25, -0.2) is 4.79 Å². The molecule has 0 aliphatic heterocycles. The fourth-order valence-corrected chi connectivity index (χ4v) is 1.02. The molecule has 0 bridgehead atoms. The quantitative estimate of drug-likeness (QED) is 0.490. The molecule has 0 heterocycles. The summed E-state index contributed by atoms with van der Waals surface area (Å²) in [5.41, 5.74) is 0. The standard InChI is InChI=1S/C9H18O3/c1-3-4-5-6-7-8(10)9(11)12-2/h8,10H,3-7H2,1-2H3/t8-/m0/s1. The Hall–Kier alpha value is -0.570. The first-order valence-electron chi connectivity index (χ1n) is 4.48. The highest BCUT2D eigenvalue weighted by atomic mass is 16.5. The Morgan fingerprint density at radius 1 is 1.42 bits per heavy atom. The summed E-state index contributed by atoms with van der Waals surface area (Å²) < 4.78 is 4.38. The van der Waals surface area contributed by atoms with Gasteiger partial charge in [-0.05, 0) is 6.42 Å². The maximum atomic E-state index is 10.7. The molecule has 0 unspecified atom stereocenters. The first-order chi connectivity index (χ1) is 5.72. The highest BCUT2D eigenvalue weighted by molar-refractivity contribution is 5.74. The largest absolute Gasteiger partial charge is 0.467 e. The van der Waals surface area contributed by atoms with Gasteiger partial charge in [0.15, 0.2) is 6.10 Å². The van der Waals surface area contributed by atoms with Crippen molar-refractivity contribution in [1.29, 1.82) is 0 Å². The topological polar surface area (TPSA) is 46.5 Å². The third kappa shape index (κ3) is 5.13. The van der Waals surface area contributed by atoms with E-state index >= 15 is 0 Å². The van der Waals surface area contributed by atoms with Crippen LogP contribution in [0.2, 0.25) is 0 Å². The minimum atomic E-state index is -0.924. The number of unbranched alkanes of at least 4 members (excludes halogenated alkanes) is 3. The van der Waals surface area contributed by atoms with E-state index in [4.69, 9.17) is 5.11 Å². The summed E-state index contributed by atoms with van der Waals surface area (Å²) in [7, 11) is 1.29. The third-order valence-corrected chi connectivity index (χ3v) is 1.80. The van der Waals surface area contributed by atoms with Crippen LogP contribution in [0.5, 0.6) is 0 Å². The highest BCUT2D eigenvalue weighted by Gasteiger charge is 2.13. The van der Waals surface area contributed by atoms with Gasteiger partial charge in [-0.3, -0.25) is 0 Å². The monoisotopic (exact) mass is 174 g/mol. The third-order valence-electron chi connectivity index (χ3n) is 1.80. The molecule has 3 nitrogen and oxygen atoms in total. The highest BCUT2D eigenvalue weighted by Crippen LogP contribution is 2.06. The SMILES string of the molecule is CCCCCC[C@H](O)C(=O)OC. The molecule has 0 rings (SSSR count). The number of carbonyl (C=O) groups excluding carboxylic acids is 1. The minimum absolute atomic E-state index is 0.521. The van der Waals surface area contributed by atoms with Crippen molar-refractivity contribution in [3.05, 3.63) is 0 Å². The van der Waals surface area contributed by atoms with Gasteiger partial charge in [-0.15, -0.1) is 0 Å². The first kappa shape index (κ1) is 11.4. The van der Waals surface area contributed by atoms with E-state index in [0.29, 0.717) is 6.42 Å². The molecule has 0 radical (unpaired) electrons. The molecule has 0 aliphatic carbocycles. The van der Waals surface area contributed by atoms with E-state index in [1.165, 1.54) is 7.11 Å². The van der Waals surface area contributed by atoms with E-state index < -0.39 is 12.1 Å². The fraction of sp³-hybridized carbons (Fsp3) is 0.889. The molecule has 0 aromatic rings. The van der Waals surface area contributed by atoms with Crippen molar-refractivity contribution in [2.24, 2.45) is 0 Å². The lowest BCUT2D eigenvalue weighted by Crippen LogP contribution is -2.21. The molecule has 0 fully saturated rings. The summed E-state index contributed by atoms with van der Waals surface area (Å²) in [5, 5.41) is 9.14. The molecule has 0 amide bonds. The molecule has 0 aromatic heterocycles. The zero-order valence-corrected chi connectivity index (χ0v) is 7.88. The van der Waals surface area contributed by atoms with E-state index in [2.05, 4.69) is 11.7 Å². The van der Waals surface area contributed by atoms with Crippen molar-refractivity contribution < 1.29 is 14.6 Å². The van der Waals surface area contributed by atoms with Crippen LogP contribution in [-0.2, 0) is 9.53 Å². The first-order valence-corrected chi connectivity index (χ1v) is 4.48. The summed E-state index contributed by atoms with van der Waals surface area (Å²) in [6.07, 6.45) is 3.88. The Kier molecular flexibility index (Phi) is 6.76. The number of hydrogen-bond acceptors (Lipinski definition) is 3. The summed E-state index contributed by atoms with van der Waals surface area (Å²) in [6, 6.07) is 0. The van der Waals surface area contributed by atoms with Crippen molar-refractivity contribution in [3.63, 3.8) is 0 Å². The van der Waals surface area contributed by atoms with Crippen LogP contribution in [0.3, 0.4) is 0 Å². The van der Waals surface area contributed by atoms with Crippen LogP contribution in [0.15, 0.2) is 0 Å². The fourth-order valence-electron chi connectivity index (χ4n) is 1.02. The second-order valence-corrected chi connectivity index (χ2v) is 2.89. The number of hydrogen-bond donors (Lipinski definition) is 1. The summed E-state index contributed by atoms with van der Waals surface area (Å²) in [4.78, 5) is 10.7. The number of methoxy groups -OCH3 is 1. The normalized spacial score (nSPS) is 12.6. The molecule has 1 N–H and O–H groups in total. The van der Waals surface area contributed by atoms with E-state index in [9.17, 15) is 4.79 Å². The van der Waals surface area contributed by atoms with Crippen LogP contribution in [0.4, 0.5) is 0 Å². The van der Waals surface area contributed by atoms with Crippen LogP contribution < -0.4 is 0 Å². The van der Waals surface area contributed by atoms with Gasteiger partial charge < -0.3 is 9.84 Å². The molecule has 0 aliphatic rings. The Balaban J connectivity index is 3.31. The average molecular weight is 174 g/mol. The smallest absolute Gasteiger partial charge is 0.334 e. The average Bonchev–Trinajstić information content (AvgIpc) is 2.10. The predicted molar refractivity (Wildman–Crippen MR) is 46.8 cm³/mol. The lowest BCUT2D eigenvalue weighted by molar-refractivity contribution is -0.150. The molecule has 0 saturated heterocycles. The number of rotatable bonds is 6. The minimum Gasteiger partial charge on any atom is -0.467 e. The second kappa shape index (κ2) is 7.10. The van der Waals surface area contributed by atoms with Gasteiger partial charge in [0.1, 0.15) is 0 Å². The molecule has 0 aromatic carbocycles. The van der Waals surface area contributed by atoms with Gasteiger partial charge >= 0.3 is 5.97 Å². The van der Waals surface area contributed by atoms with E-state index in [1.807, 2.05) is 0 Å².